The average Bonchev–Trinajstić information content (AvgIpc) is 3.10. The Morgan fingerprint density at radius 3 is 2.44 bits per heavy atom. The molecule has 1 aromatic heterocycles. The van der Waals surface area contributed by atoms with E-state index in [0.29, 0.717) is 28.6 Å². The third-order valence-corrected chi connectivity index (χ3v) is 8.38. The van der Waals surface area contributed by atoms with Crippen molar-refractivity contribution in [2.75, 3.05) is 32.6 Å². The van der Waals surface area contributed by atoms with Crippen LogP contribution in [0.15, 0.2) is 29.2 Å². The molecule has 8 nitrogen and oxygen atoms in total. The summed E-state index contributed by atoms with van der Waals surface area (Å²) in [5.74, 6) is -0.852. The molecule has 0 spiro atoms. The van der Waals surface area contributed by atoms with Crippen molar-refractivity contribution in [2.24, 2.45) is 0 Å². The van der Waals surface area contributed by atoms with E-state index in [-0.39, 0.29) is 11.5 Å². The Balaban J connectivity index is 1.89. The summed E-state index contributed by atoms with van der Waals surface area (Å²) in [5.41, 5.74) is 1.66. The summed E-state index contributed by atoms with van der Waals surface area (Å²) in [6, 6.07) is 6.10. The van der Waals surface area contributed by atoms with Crippen LogP contribution in [-0.2, 0) is 27.7 Å². The number of nitrogens with zero attached hydrogens (tertiary/aromatic N) is 2. The maximum Gasteiger partial charge on any atom is 0.341 e. The second kappa shape index (κ2) is 9.70. The maximum atomic E-state index is 12.9. The van der Waals surface area contributed by atoms with E-state index in [4.69, 9.17) is 4.74 Å². The Morgan fingerprint density at radius 1 is 1.22 bits per heavy atom. The lowest BCUT2D eigenvalue weighted by Crippen LogP contribution is -2.35. The zero-order valence-electron chi connectivity index (χ0n) is 19.0. The molecule has 32 heavy (non-hydrogen) atoms. The summed E-state index contributed by atoms with van der Waals surface area (Å²) in [6.07, 6.45) is 0.713. The molecule has 1 aliphatic heterocycles. The maximum absolute atomic E-state index is 12.9. The number of carbonyl (C=O) groups is 2. The van der Waals surface area contributed by atoms with Crippen LogP contribution >= 0.6 is 11.3 Å². The van der Waals surface area contributed by atoms with Crippen LogP contribution in [0.3, 0.4) is 0 Å². The summed E-state index contributed by atoms with van der Waals surface area (Å²) in [4.78, 5) is 29.1. The number of nitrogens with one attached hydrogen (secondary N) is 1. The van der Waals surface area contributed by atoms with E-state index in [1.807, 2.05) is 0 Å². The van der Waals surface area contributed by atoms with Crippen LogP contribution in [-0.4, -0.2) is 62.8 Å². The standard InChI is InChI=1S/C22H29N3O5S2/c1-6-30-22(27)19-17-11-12-25(14(2)3)13-18(17)31-21(19)23-20(26)15-7-9-16(10-8-15)32(28,29)24(4)5/h7-10,14H,6,11-13H2,1-5H3,(H,23,26). The zero-order chi connectivity index (χ0) is 23.6. The largest absolute Gasteiger partial charge is 0.462 e. The lowest BCUT2D eigenvalue weighted by molar-refractivity contribution is 0.0526. The minimum Gasteiger partial charge on any atom is -0.462 e. The van der Waals surface area contributed by atoms with E-state index < -0.39 is 21.9 Å². The Morgan fingerprint density at radius 2 is 1.88 bits per heavy atom. The minimum absolute atomic E-state index is 0.103. The number of sulfonamides is 1. The molecular weight excluding hydrogens is 450 g/mol. The summed E-state index contributed by atoms with van der Waals surface area (Å²) in [7, 11) is -0.679. The molecule has 3 rings (SSSR count). The highest BCUT2D eigenvalue weighted by molar-refractivity contribution is 7.89. The smallest absolute Gasteiger partial charge is 0.341 e. The molecule has 0 aliphatic carbocycles. The van der Waals surface area contributed by atoms with Crippen LogP contribution in [0.5, 0.6) is 0 Å². The van der Waals surface area contributed by atoms with E-state index in [1.165, 1.54) is 49.7 Å². The molecular formula is C22H29N3O5S2. The molecule has 0 radical (unpaired) electrons. The van der Waals surface area contributed by atoms with Crippen molar-refractivity contribution in [3.8, 4) is 0 Å². The van der Waals surface area contributed by atoms with E-state index in [9.17, 15) is 18.0 Å². The van der Waals surface area contributed by atoms with Crippen LogP contribution in [0.1, 0.15) is 51.9 Å². The highest BCUT2D eigenvalue weighted by atomic mass is 32.2. The molecule has 0 fully saturated rings. The number of benzene rings is 1. The van der Waals surface area contributed by atoms with Gasteiger partial charge in [-0.25, -0.2) is 17.5 Å². The fraction of sp³-hybridized carbons (Fsp3) is 0.455. The van der Waals surface area contributed by atoms with Gasteiger partial charge in [-0.3, -0.25) is 9.69 Å². The predicted molar refractivity (Wildman–Crippen MR) is 125 cm³/mol. The number of esters is 1. The number of anilines is 1. The Hall–Kier alpha value is -2.27. The molecule has 2 heterocycles. The number of thiophene rings is 1. The van der Waals surface area contributed by atoms with Gasteiger partial charge >= 0.3 is 5.97 Å². The van der Waals surface area contributed by atoms with Gasteiger partial charge < -0.3 is 10.1 Å². The molecule has 1 N–H and O–H groups in total. The number of carbonyl (C=O) groups excluding carboxylic acids is 2. The van der Waals surface area contributed by atoms with Crippen molar-refractivity contribution in [1.29, 1.82) is 0 Å². The number of ether oxygens (including phenoxy) is 1. The summed E-state index contributed by atoms with van der Waals surface area (Å²) in [5, 5.41) is 3.32. The molecule has 1 aliphatic rings. The highest BCUT2D eigenvalue weighted by Gasteiger charge is 2.30. The van der Waals surface area contributed by atoms with Gasteiger partial charge in [-0.1, -0.05) is 0 Å². The first-order chi connectivity index (χ1) is 15.1. The van der Waals surface area contributed by atoms with Crippen molar-refractivity contribution in [2.45, 2.75) is 44.7 Å². The number of fused-ring (bicyclic) bond motifs is 1. The van der Waals surface area contributed by atoms with Crippen molar-refractivity contribution >= 4 is 38.2 Å². The average molecular weight is 480 g/mol. The molecule has 0 saturated carbocycles. The lowest BCUT2D eigenvalue weighted by Gasteiger charge is -2.30. The normalized spacial score (nSPS) is 14.5. The van der Waals surface area contributed by atoms with E-state index >= 15 is 0 Å². The van der Waals surface area contributed by atoms with Crippen LogP contribution in [0.4, 0.5) is 5.00 Å². The van der Waals surface area contributed by atoms with Gasteiger partial charge in [-0.2, -0.15) is 0 Å². The minimum atomic E-state index is -3.58. The quantitative estimate of drug-likeness (QED) is 0.613. The SMILES string of the molecule is CCOC(=O)c1c(NC(=O)c2ccc(S(=O)(=O)N(C)C)cc2)sc2c1CCN(C(C)C)C2. The first kappa shape index (κ1) is 24.4. The molecule has 0 atom stereocenters. The van der Waals surface area contributed by atoms with Gasteiger partial charge in [0, 0.05) is 43.7 Å². The summed E-state index contributed by atoms with van der Waals surface area (Å²) >= 11 is 1.39. The Kier molecular flexibility index (Phi) is 7.39. The molecule has 1 aromatic carbocycles. The highest BCUT2D eigenvalue weighted by Crippen LogP contribution is 2.38. The third kappa shape index (κ3) is 4.88. The van der Waals surface area contributed by atoms with Crippen LogP contribution in [0.2, 0.25) is 0 Å². The number of amides is 1. The molecule has 0 unspecified atom stereocenters. The first-order valence-electron chi connectivity index (χ1n) is 10.5. The number of hydrogen-bond acceptors (Lipinski definition) is 7. The second-order valence-electron chi connectivity index (χ2n) is 8.01. The van der Waals surface area contributed by atoms with Crippen molar-refractivity contribution in [1.82, 2.24) is 9.21 Å². The van der Waals surface area contributed by atoms with E-state index in [1.54, 1.807) is 6.92 Å². The van der Waals surface area contributed by atoms with Gasteiger partial charge in [-0.15, -0.1) is 11.3 Å². The molecule has 10 heteroatoms. The van der Waals surface area contributed by atoms with Gasteiger partial charge in [0.05, 0.1) is 17.1 Å². The van der Waals surface area contributed by atoms with Gasteiger partial charge in [0.15, 0.2) is 0 Å². The van der Waals surface area contributed by atoms with E-state index in [0.717, 1.165) is 27.8 Å². The monoisotopic (exact) mass is 479 g/mol. The Labute approximate surface area is 193 Å². The first-order valence-corrected chi connectivity index (χ1v) is 12.7. The fourth-order valence-corrected chi connectivity index (χ4v) is 5.69. The third-order valence-electron chi connectivity index (χ3n) is 5.42. The topological polar surface area (TPSA) is 96.0 Å². The zero-order valence-corrected chi connectivity index (χ0v) is 20.6. The summed E-state index contributed by atoms with van der Waals surface area (Å²) < 4.78 is 30.9. The van der Waals surface area contributed by atoms with Crippen LogP contribution < -0.4 is 5.32 Å². The van der Waals surface area contributed by atoms with Gasteiger partial charge in [0.1, 0.15) is 5.00 Å². The second-order valence-corrected chi connectivity index (χ2v) is 11.3. The van der Waals surface area contributed by atoms with Crippen molar-refractivity contribution in [3.63, 3.8) is 0 Å². The van der Waals surface area contributed by atoms with Crippen LogP contribution in [0, 0.1) is 0 Å². The predicted octanol–water partition coefficient (Wildman–Crippen LogP) is 3.19. The molecule has 1 amide bonds. The van der Waals surface area contributed by atoms with Crippen molar-refractivity contribution in [3.05, 3.63) is 45.8 Å². The van der Waals surface area contributed by atoms with E-state index in [2.05, 4.69) is 24.1 Å². The van der Waals surface area contributed by atoms with Gasteiger partial charge in [0.2, 0.25) is 10.0 Å². The molecule has 2 aromatic rings. The number of hydrogen-bond donors (Lipinski definition) is 1. The molecule has 0 bridgehead atoms. The fourth-order valence-electron chi connectivity index (χ4n) is 3.54. The lowest BCUT2D eigenvalue weighted by atomic mass is 10.0. The van der Waals surface area contributed by atoms with Crippen LogP contribution in [0.25, 0.3) is 0 Å². The van der Waals surface area contributed by atoms with Gasteiger partial charge in [0.25, 0.3) is 5.91 Å². The molecule has 174 valence electrons. The van der Waals surface area contributed by atoms with Crippen molar-refractivity contribution < 1.29 is 22.7 Å². The van der Waals surface area contributed by atoms with Gasteiger partial charge in [-0.05, 0) is 57.0 Å². The number of rotatable bonds is 7. The molecule has 0 saturated heterocycles. The Bertz CT molecular complexity index is 1110. The summed E-state index contributed by atoms with van der Waals surface area (Å²) in [6.45, 7) is 7.82.